The van der Waals surface area contributed by atoms with Gasteiger partial charge in [-0.15, -0.1) is 0 Å². The van der Waals surface area contributed by atoms with E-state index in [0.29, 0.717) is 0 Å². The summed E-state index contributed by atoms with van der Waals surface area (Å²) in [5.74, 6) is 0. The van der Waals surface area contributed by atoms with E-state index in [9.17, 15) is 0 Å². The van der Waals surface area contributed by atoms with Crippen LogP contribution in [-0.4, -0.2) is 5.71 Å². The molecule has 2 nitrogen and oxygen atoms in total. The van der Waals surface area contributed by atoms with E-state index in [1.165, 1.54) is 5.57 Å². The molecule has 0 heterocycles. The number of nitrogens with zero attached hydrogens (tertiary/aromatic N) is 1. The van der Waals surface area contributed by atoms with Crippen LogP contribution < -0.4 is 5.32 Å². The normalized spacial score (nSPS) is 11.1. The zero-order valence-electron chi connectivity index (χ0n) is 12.2. The van der Waals surface area contributed by atoms with Crippen molar-refractivity contribution < 1.29 is 0 Å². The molecule has 0 saturated heterocycles. The largest absolute Gasteiger partial charge is 0.356 e. The molecule has 1 N–H and O–H groups in total. The summed E-state index contributed by atoms with van der Waals surface area (Å²) in [6.07, 6.45) is 2.08. The molecular weight excluding hydrogens is 244 g/mol. The van der Waals surface area contributed by atoms with Crippen molar-refractivity contribution in [1.82, 2.24) is 0 Å². The topological polar surface area (TPSA) is 24.4 Å². The molecule has 2 rings (SSSR count). The lowest BCUT2D eigenvalue weighted by atomic mass is 10.2. The molecule has 0 bridgehead atoms. The van der Waals surface area contributed by atoms with Crippen LogP contribution in [-0.2, 0) is 0 Å². The van der Waals surface area contributed by atoms with Gasteiger partial charge in [0.25, 0.3) is 0 Å². The second kappa shape index (κ2) is 6.71. The molecule has 2 aromatic carbocycles. The van der Waals surface area contributed by atoms with Crippen molar-refractivity contribution >= 4 is 22.8 Å². The van der Waals surface area contributed by atoms with Crippen LogP contribution in [0.1, 0.15) is 20.8 Å². The lowest BCUT2D eigenvalue weighted by Gasteiger charge is -2.06. The van der Waals surface area contributed by atoms with Crippen molar-refractivity contribution in [3.05, 3.63) is 66.2 Å². The fraction of sp³-hybridized carbons (Fsp3) is 0.167. The van der Waals surface area contributed by atoms with Gasteiger partial charge in [0.2, 0.25) is 0 Å². The number of hydrogen-bond donors (Lipinski definition) is 1. The second-order valence-corrected chi connectivity index (χ2v) is 5.01. The number of rotatable bonds is 4. The summed E-state index contributed by atoms with van der Waals surface area (Å²) in [6, 6.07) is 18.3. The Kier molecular flexibility index (Phi) is 4.72. The molecule has 20 heavy (non-hydrogen) atoms. The Morgan fingerprint density at radius 2 is 1.45 bits per heavy atom. The molecule has 0 aliphatic rings. The minimum atomic E-state index is 0.971. The Morgan fingerprint density at radius 1 is 0.850 bits per heavy atom. The third kappa shape index (κ3) is 4.39. The fourth-order valence-corrected chi connectivity index (χ4v) is 1.96. The Balaban J connectivity index is 2.09. The molecule has 0 aromatic heterocycles. The lowest BCUT2D eigenvalue weighted by molar-refractivity contribution is 1.39. The summed E-state index contributed by atoms with van der Waals surface area (Å²) in [6.45, 7) is 6.17. The summed E-state index contributed by atoms with van der Waals surface area (Å²) in [7, 11) is 0. The summed E-state index contributed by atoms with van der Waals surface area (Å²) in [4.78, 5) is 4.56. The molecule has 0 radical (unpaired) electrons. The van der Waals surface area contributed by atoms with Crippen molar-refractivity contribution in [1.29, 1.82) is 0 Å². The first-order chi connectivity index (χ1) is 9.63. The Labute approximate surface area is 120 Å². The van der Waals surface area contributed by atoms with Gasteiger partial charge in [0.05, 0.1) is 5.69 Å². The highest BCUT2D eigenvalue weighted by Gasteiger charge is 1.95. The van der Waals surface area contributed by atoms with Gasteiger partial charge in [0, 0.05) is 17.1 Å². The number of benzene rings is 2. The first-order valence-electron chi connectivity index (χ1n) is 6.76. The van der Waals surface area contributed by atoms with Gasteiger partial charge < -0.3 is 5.32 Å². The van der Waals surface area contributed by atoms with Crippen molar-refractivity contribution in [3.8, 4) is 0 Å². The highest BCUT2D eigenvalue weighted by Crippen LogP contribution is 2.20. The van der Waals surface area contributed by atoms with Crippen molar-refractivity contribution in [3.63, 3.8) is 0 Å². The van der Waals surface area contributed by atoms with Crippen LogP contribution in [0.3, 0.4) is 0 Å². The monoisotopic (exact) mass is 264 g/mol. The molecule has 0 spiro atoms. The molecule has 0 fully saturated rings. The average molecular weight is 264 g/mol. The van der Waals surface area contributed by atoms with Crippen LogP contribution in [0, 0.1) is 0 Å². The molecule has 0 atom stereocenters. The van der Waals surface area contributed by atoms with E-state index in [2.05, 4.69) is 30.2 Å². The van der Waals surface area contributed by atoms with Gasteiger partial charge >= 0.3 is 0 Å². The fourth-order valence-electron chi connectivity index (χ4n) is 1.96. The number of para-hydroxylation sites is 1. The van der Waals surface area contributed by atoms with Crippen LogP contribution in [0.5, 0.6) is 0 Å². The van der Waals surface area contributed by atoms with E-state index in [0.717, 1.165) is 22.8 Å². The molecule has 0 amide bonds. The van der Waals surface area contributed by atoms with Crippen molar-refractivity contribution in [2.75, 3.05) is 5.32 Å². The van der Waals surface area contributed by atoms with E-state index in [-0.39, 0.29) is 0 Å². The average Bonchev–Trinajstić information content (AvgIpc) is 2.41. The van der Waals surface area contributed by atoms with E-state index in [4.69, 9.17) is 0 Å². The smallest absolute Gasteiger partial charge is 0.0634 e. The lowest BCUT2D eigenvalue weighted by Crippen LogP contribution is -1.89. The number of allylic oxidation sites excluding steroid dienone is 2. The van der Waals surface area contributed by atoms with Crippen molar-refractivity contribution in [2.45, 2.75) is 20.8 Å². The minimum Gasteiger partial charge on any atom is -0.356 e. The van der Waals surface area contributed by atoms with Gasteiger partial charge in [0.15, 0.2) is 0 Å². The first kappa shape index (κ1) is 14.1. The number of nitrogens with one attached hydrogen (secondary N) is 1. The predicted molar refractivity (Wildman–Crippen MR) is 88.4 cm³/mol. The zero-order chi connectivity index (χ0) is 14.4. The van der Waals surface area contributed by atoms with Crippen molar-refractivity contribution in [2.24, 2.45) is 4.99 Å². The highest BCUT2D eigenvalue weighted by atomic mass is 14.9. The maximum atomic E-state index is 4.56. The molecule has 2 aromatic rings. The summed E-state index contributed by atoms with van der Waals surface area (Å²) < 4.78 is 0. The molecular formula is C18H20N2. The number of aliphatic imine (C=N–C) groups is 1. The molecule has 2 heteroatoms. The third-order valence-electron chi connectivity index (χ3n) is 2.73. The van der Waals surface area contributed by atoms with E-state index in [1.54, 1.807) is 0 Å². The SMILES string of the molecule is CC(C)=C/C(C)=N\c1ccc(Nc2ccccc2)cc1. The number of hydrogen-bond acceptors (Lipinski definition) is 2. The van der Waals surface area contributed by atoms with Gasteiger partial charge in [-0.25, -0.2) is 0 Å². The first-order valence-corrected chi connectivity index (χ1v) is 6.76. The van der Waals surface area contributed by atoms with Gasteiger partial charge in [-0.05, 0) is 63.2 Å². The Morgan fingerprint density at radius 3 is 2.05 bits per heavy atom. The zero-order valence-corrected chi connectivity index (χ0v) is 12.2. The molecule has 102 valence electrons. The van der Waals surface area contributed by atoms with Crippen LogP contribution >= 0.6 is 0 Å². The van der Waals surface area contributed by atoms with Crippen LogP contribution in [0.25, 0.3) is 0 Å². The Hall–Kier alpha value is -2.35. The summed E-state index contributed by atoms with van der Waals surface area (Å²) in [5.41, 5.74) is 5.40. The molecule has 0 saturated carbocycles. The third-order valence-corrected chi connectivity index (χ3v) is 2.73. The van der Waals surface area contributed by atoms with E-state index in [1.807, 2.05) is 61.5 Å². The quantitative estimate of drug-likeness (QED) is 0.725. The Bertz CT molecular complexity index is 604. The summed E-state index contributed by atoms with van der Waals surface area (Å²) in [5, 5.41) is 3.36. The minimum absolute atomic E-state index is 0.971. The highest BCUT2D eigenvalue weighted by molar-refractivity contribution is 5.95. The second-order valence-electron chi connectivity index (χ2n) is 5.01. The molecule has 0 aliphatic heterocycles. The summed E-state index contributed by atoms with van der Waals surface area (Å²) >= 11 is 0. The molecule has 0 aliphatic carbocycles. The van der Waals surface area contributed by atoms with E-state index >= 15 is 0 Å². The van der Waals surface area contributed by atoms with Gasteiger partial charge in [0.1, 0.15) is 0 Å². The number of anilines is 2. The van der Waals surface area contributed by atoms with Gasteiger partial charge in [-0.3, -0.25) is 4.99 Å². The van der Waals surface area contributed by atoms with E-state index < -0.39 is 0 Å². The predicted octanol–water partition coefficient (Wildman–Crippen LogP) is 5.49. The van der Waals surface area contributed by atoms with Crippen LogP contribution in [0.2, 0.25) is 0 Å². The molecule has 0 unspecified atom stereocenters. The van der Waals surface area contributed by atoms with Gasteiger partial charge in [-0.1, -0.05) is 23.8 Å². The maximum Gasteiger partial charge on any atom is 0.0634 e. The van der Waals surface area contributed by atoms with Crippen LogP contribution in [0.4, 0.5) is 17.1 Å². The standard InChI is InChI=1S/C18H20N2/c1-14(2)13-15(3)19-17-9-11-18(12-10-17)20-16-7-5-4-6-8-16/h4-13,20H,1-3H3/b19-15-. The van der Waals surface area contributed by atoms with Crippen LogP contribution in [0.15, 0.2) is 71.2 Å². The maximum absolute atomic E-state index is 4.56. The van der Waals surface area contributed by atoms with Gasteiger partial charge in [-0.2, -0.15) is 0 Å².